The van der Waals surface area contributed by atoms with Gasteiger partial charge in [-0.3, -0.25) is 10.1 Å². The molecule has 0 aliphatic heterocycles. The third-order valence-corrected chi connectivity index (χ3v) is 2.08. The normalized spacial score (nSPS) is 10.1. The van der Waals surface area contributed by atoms with E-state index in [4.69, 9.17) is 17.3 Å². The van der Waals surface area contributed by atoms with Crippen molar-refractivity contribution in [1.29, 1.82) is 0 Å². The van der Waals surface area contributed by atoms with Crippen molar-refractivity contribution in [1.82, 2.24) is 15.0 Å². The van der Waals surface area contributed by atoms with Gasteiger partial charge in [0.25, 0.3) is 5.91 Å². The van der Waals surface area contributed by atoms with Gasteiger partial charge in [-0.1, -0.05) is 11.6 Å². The highest BCUT2D eigenvalue weighted by Gasteiger charge is 2.11. The minimum absolute atomic E-state index is 0.207. The Kier molecular flexibility index (Phi) is 2.74. The fourth-order valence-electron chi connectivity index (χ4n) is 1.15. The van der Waals surface area contributed by atoms with Crippen LogP contribution in [0.1, 0.15) is 10.4 Å². The van der Waals surface area contributed by atoms with E-state index >= 15 is 0 Å². The molecule has 2 heterocycles. The van der Waals surface area contributed by atoms with Gasteiger partial charge in [0.15, 0.2) is 0 Å². The molecule has 0 spiro atoms. The number of aromatic nitrogens is 3. The first-order valence-electron chi connectivity index (χ1n) is 4.38. The standard InChI is InChI=1S/C9H8ClN5O/c10-7-3-5(6(11)4-14-7)8(16)15-9-12-1-2-13-9/h1-4H,11H2,(H2,12,13,15,16). The van der Waals surface area contributed by atoms with E-state index in [-0.39, 0.29) is 16.4 Å². The summed E-state index contributed by atoms with van der Waals surface area (Å²) in [5.41, 5.74) is 6.13. The number of carbonyl (C=O) groups is 1. The maximum atomic E-state index is 11.7. The summed E-state index contributed by atoms with van der Waals surface area (Å²) < 4.78 is 0. The first-order valence-corrected chi connectivity index (χ1v) is 4.76. The van der Waals surface area contributed by atoms with Crippen LogP contribution in [-0.4, -0.2) is 20.9 Å². The van der Waals surface area contributed by atoms with E-state index in [0.717, 1.165) is 0 Å². The number of nitrogens with one attached hydrogen (secondary N) is 2. The number of halogens is 1. The third kappa shape index (κ3) is 2.12. The Morgan fingerprint density at radius 3 is 3.00 bits per heavy atom. The molecule has 2 rings (SSSR count). The lowest BCUT2D eigenvalue weighted by molar-refractivity contribution is 0.102. The van der Waals surface area contributed by atoms with Crippen molar-refractivity contribution < 1.29 is 4.79 Å². The van der Waals surface area contributed by atoms with Gasteiger partial charge in [0.2, 0.25) is 5.95 Å². The number of amides is 1. The van der Waals surface area contributed by atoms with E-state index in [2.05, 4.69) is 20.3 Å². The molecule has 0 atom stereocenters. The van der Waals surface area contributed by atoms with Crippen molar-refractivity contribution in [3.63, 3.8) is 0 Å². The molecule has 0 bridgehead atoms. The SMILES string of the molecule is Nc1cnc(Cl)cc1C(=O)Nc1ncc[nH]1. The number of nitrogens with two attached hydrogens (primary N) is 1. The quantitative estimate of drug-likeness (QED) is 0.686. The largest absolute Gasteiger partial charge is 0.397 e. The summed E-state index contributed by atoms with van der Waals surface area (Å²) in [7, 11) is 0. The van der Waals surface area contributed by atoms with Gasteiger partial charge in [0.05, 0.1) is 17.4 Å². The summed E-state index contributed by atoms with van der Waals surface area (Å²) in [6.07, 6.45) is 4.45. The fourth-order valence-corrected chi connectivity index (χ4v) is 1.30. The van der Waals surface area contributed by atoms with Crippen LogP contribution < -0.4 is 11.1 Å². The number of rotatable bonds is 2. The molecule has 0 unspecified atom stereocenters. The molecule has 82 valence electrons. The van der Waals surface area contributed by atoms with Crippen molar-refractivity contribution in [2.45, 2.75) is 0 Å². The molecule has 7 heteroatoms. The van der Waals surface area contributed by atoms with Gasteiger partial charge in [-0.2, -0.15) is 0 Å². The zero-order valence-corrected chi connectivity index (χ0v) is 8.82. The summed E-state index contributed by atoms with van der Waals surface area (Å²) in [4.78, 5) is 22.1. The van der Waals surface area contributed by atoms with Gasteiger partial charge in [0, 0.05) is 12.4 Å². The molecular weight excluding hydrogens is 230 g/mol. The van der Waals surface area contributed by atoms with Crippen molar-refractivity contribution in [3.05, 3.63) is 35.4 Å². The second kappa shape index (κ2) is 4.19. The van der Waals surface area contributed by atoms with Crippen LogP contribution in [0.25, 0.3) is 0 Å². The number of nitrogens with zero attached hydrogens (tertiary/aromatic N) is 2. The number of hydrogen-bond acceptors (Lipinski definition) is 4. The Balaban J connectivity index is 2.24. The third-order valence-electron chi connectivity index (χ3n) is 1.88. The van der Waals surface area contributed by atoms with Gasteiger partial charge in [-0.15, -0.1) is 0 Å². The molecule has 0 fully saturated rings. The Hall–Kier alpha value is -2.08. The Morgan fingerprint density at radius 2 is 2.31 bits per heavy atom. The Bertz CT molecular complexity index is 511. The monoisotopic (exact) mass is 237 g/mol. The molecule has 0 aromatic carbocycles. The molecule has 0 saturated heterocycles. The zero-order chi connectivity index (χ0) is 11.5. The van der Waals surface area contributed by atoms with E-state index in [1.54, 1.807) is 6.20 Å². The summed E-state index contributed by atoms with van der Waals surface area (Å²) >= 11 is 5.67. The van der Waals surface area contributed by atoms with E-state index in [1.165, 1.54) is 18.5 Å². The number of H-pyrrole nitrogens is 1. The summed E-state index contributed by atoms with van der Waals surface area (Å²) in [6.45, 7) is 0. The number of hydrogen-bond donors (Lipinski definition) is 3. The maximum absolute atomic E-state index is 11.7. The second-order valence-corrected chi connectivity index (χ2v) is 3.37. The van der Waals surface area contributed by atoms with Crippen molar-refractivity contribution in [2.24, 2.45) is 0 Å². The number of carbonyl (C=O) groups excluding carboxylic acids is 1. The highest BCUT2D eigenvalue weighted by atomic mass is 35.5. The molecule has 0 aliphatic carbocycles. The highest BCUT2D eigenvalue weighted by molar-refractivity contribution is 6.30. The molecule has 0 saturated carbocycles. The second-order valence-electron chi connectivity index (χ2n) is 2.99. The maximum Gasteiger partial charge on any atom is 0.260 e. The number of aromatic amines is 1. The van der Waals surface area contributed by atoms with Crippen LogP contribution in [0.3, 0.4) is 0 Å². The van der Waals surface area contributed by atoms with Gasteiger partial charge in [-0.25, -0.2) is 9.97 Å². The van der Waals surface area contributed by atoms with E-state index in [0.29, 0.717) is 5.95 Å². The van der Waals surface area contributed by atoms with Crippen LogP contribution in [0.2, 0.25) is 5.15 Å². The van der Waals surface area contributed by atoms with Crippen molar-refractivity contribution in [3.8, 4) is 0 Å². The van der Waals surface area contributed by atoms with E-state index in [9.17, 15) is 4.79 Å². The minimum atomic E-state index is -0.392. The average Bonchev–Trinajstić information content (AvgIpc) is 2.74. The van der Waals surface area contributed by atoms with Crippen LogP contribution in [0, 0.1) is 0 Å². The van der Waals surface area contributed by atoms with Crippen molar-refractivity contribution in [2.75, 3.05) is 11.1 Å². The van der Waals surface area contributed by atoms with E-state index < -0.39 is 5.91 Å². The lowest BCUT2D eigenvalue weighted by atomic mass is 10.2. The van der Waals surface area contributed by atoms with E-state index in [1.807, 2.05) is 0 Å². The smallest absolute Gasteiger partial charge is 0.260 e. The Labute approximate surface area is 95.9 Å². The number of imidazole rings is 1. The van der Waals surface area contributed by atoms with Crippen molar-refractivity contribution >= 4 is 29.1 Å². The first-order chi connectivity index (χ1) is 7.66. The van der Waals surface area contributed by atoms with Gasteiger partial charge in [0.1, 0.15) is 5.15 Å². The van der Waals surface area contributed by atoms with Crippen LogP contribution in [0.15, 0.2) is 24.7 Å². The topological polar surface area (TPSA) is 96.7 Å². The molecular formula is C9H8ClN5O. The molecule has 2 aromatic heterocycles. The van der Waals surface area contributed by atoms with Gasteiger partial charge in [-0.05, 0) is 6.07 Å². The predicted octanol–water partition coefficient (Wildman–Crippen LogP) is 1.29. The lowest BCUT2D eigenvalue weighted by Crippen LogP contribution is -2.15. The van der Waals surface area contributed by atoms with Crippen LogP contribution >= 0.6 is 11.6 Å². The molecule has 1 amide bonds. The van der Waals surface area contributed by atoms with Crippen LogP contribution in [0.5, 0.6) is 0 Å². The molecule has 4 N–H and O–H groups in total. The predicted molar refractivity (Wildman–Crippen MR) is 60.2 cm³/mol. The van der Waals surface area contributed by atoms with Crippen LogP contribution in [-0.2, 0) is 0 Å². The molecule has 0 radical (unpaired) electrons. The fraction of sp³-hybridized carbons (Fsp3) is 0. The number of anilines is 2. The molecule has 0 aliphatic rings. The first kappa shape index (κ1) is 10.4. The van der Waals surface area contributed by atoms with Gasteiger partial charge >= 0.3 is 0 Å². The number of pyridine rings is 1. The van der Waals surface area contributed by atoms with Gasteiger partial charge < -0.3 is 10.7 Å². The van der Waals surface area contributed by atoms with Crippen LogP contribution in [0.4, 0.5) is 11.6 Å². The average molecular weight is 238 g/mol. The zero-order valence-electron chi connectivity index (χ0n) is 8.07. The summed E-state index contributed by atoms with van der Waals surface area (Å²) in [6, 6.07) is 1.40. The lowest BCUT2D eigenvalue weighted by Gasteiger charge is -2.04. The molecule has 16 heavy (non-hydrogen) atoms. The summed E-state index contributed by atoms with van der Waals surface area (Å²) in [5.74, 6) is -0.0471. The summed E-state index contributed by atoms with van der Waals surface area (Å²) in [5, 5.41) is 2.74. The Morgan fingerprint density at radius 1 is 1.50 bits per heavy atom. The molecule has 6 nitrogen and oxygen atoms in total. The minimum Gasteiger partial charge on any atom is -0.397 e. The highest BCUT2D eigenvalue weighted by Crippen LogP contribution is 2.15. The number of nitrogen functional groups attached to an aromatic ring is 1. The molecule has 2 aromatic rings.